The minimum atomic E-state index is 0.0129. The fourth-order valence-corrected chi connectivity index (χ4v) is 2.29. The number of ether oxygens (including phenoxy) is 1. The highest BCUT2D eigenvalue weighted by Gasteiger charge is 2.28. The minimum absolute atomic E-state index is 0.0129. The molecule has 2 aromatic rings. The molecule has 102 valence electrons. The van der Waals surface area contributed by atoms with Gasteiger partial charge in [-0.2, -0.15) is 0 Å². The molecule has 1 amide bonds. The van der Waals surface area contributed by atoms with Crippen LogP contribution in [0.15, 0.2) is 49.1 Å². The van der Waals surface area contributed by atoms with E-state index in [0.29, 0.717) is 18.7 Å². The first kappa shape index (κ1) is 12.6. The number of carbonyl (C=O) groups is 1. The molecule has 1 saturated heterocycles. The summed E-state index contributed by atoms with van der Waals surface area (Å²) >= 11 is 0. The van der Waals surface area contributed by atoms with Gasteiger partial charge in [0.2, 0.25) is 0 Å². The highest BCUT2D eigenvalue weighted by molar-refractivity contribution is 5.94. The smallest absolute Gasteiger partial charge is 0.255 e. The van der Waals surface area contributed by atoms with Gasteiger partial charge in [0.25, 0.3) is 5.91 Å². The van der Waals surface area contributed by atoms with Gasteiger partial charge in [0, 0.05) is 37.8 Å². The third-order valence-electron chi connectivity index (χ3n) is 3.29. The van der Waals surface area contributed by atoms with E-state index in [2.05, 4.69) is 9.97 Å². The second-order valence-corrected chi connectivity index (χ2v) is 4.70. The highest BCUT2D eigenvalue weighted by Crippen LogP contribution is 2.19. The summed E-state index contributed by atoms with van der Waals surface area (Å²) in [7, 11) is 0. The van der Waals surface area contributed by atoms with Crippen molar-refractivity contribution in [1.29, 1.82) is 0 Å². The molecule has 1 aliphatic rings. The zero-order valence-corrected chi connectivity index (χ0v) is 11.0. The van der Waals surface area contributed by atoms with Gasteiger partial charge >= 0.3 is 0 Å². The molecular formula is C15H15N3O2. The van der Waals surface area contributed by atoms with Crippen LogP contribution in [0, 0.1) is 0 Å². The van der Waals surface area contributed by atoms with Crippen molar-refractivity contribution in [3.63, 3.8) is 0 Å². The molecule has 1 unspecified atom stereocenters. The molecule has 0 N–H and O–H groups in total. The van der Waals surface area contributed by atoms with Gasteiger partial charge in [0.15, 0.2) is 0 Å². The molecule has 0 saturated carbocycles. The van der Waals surface area contributed by atoms with Gasteiger partial charge in [0.1, 0.15) is 11.9 Å². The first-order valence-corrected chi connectivity index (χ1v) is 6.59. The Labute approximate surface area is 117 Å². The van der Waals surface area contributed by atoms with Crippen LogP contribution >= 0.6 is 0 Å². The molecular weight excluding hydrogens is 254 g/mol. The molecule has 1 aliphatic heterocycles. The maximum absolute atomic E-state index is 12.3. The summed E-state index contributed by atoms with van der Waals surface area (Å²) in [6, 6.07) is 7.21. The van der Waals surface area contributed by atoms with Gasteiger partial charge in [-0.15, -0.1) is 0 Å². The van der Waals surface area contributed by atoms with E-state index in [4.69, 9.17) is 4.74 Å². The molecule has 0 bridgehead atoms. The summed E-state index contributed by atoms with van der Waals surface area (Å²) in [5.41, 5.74) is 0.622. The van der Waals surface area contributed by atoms with Gasteiger partial charge in [-0.1, -0.05) is 0 Å². The van der Waals surface area contributed by atoms with Crippen molar-refractivity contribution < 1.29 is 9.53 Å². The first-order valence-electron chi connectivity index (χ1n) is 6.59. The van der Waals surface area contributed by atoms with Crippen LogP contribution < -0.4 is 4.74 Å². The fourth-order valence-electron chi connectivity index (χ4n) is 2.29. The molecule has 0 aromatic carbocycles. The number of hydrogen-bond acceptors (Lipinski definition) is 4. The van der Waals surface area contributed by atoms with E-state index in [1.165, 1.54) is 0 Å². The van der Waals surface area contributed by atoms with E-state index >= 15 is 0 Å². The predicted octanol–water partition coefficient (Wildman–Crippen LogP) is 1.77. The Morgan fingerprint density at radius 1 is 1.20 bits per heavy atom. The second-order valence-electron chi connectivity index (χ2n) is 4.70. The lowest BCUT2D eigenvalue weighted by molar-refractivity contribution is 0.0772. The third kappa shape index (κ3) is 2.77. The topological polar surface area (TPSA) is 55.3 Å². The normalized spacial score (nSPS) is 18.0. The molecule has 1 fully saturated rings. The maximum atomic E-state index is 12.3. The van der Waals surface area contributed by atoms with Gasteiger partial charge in [0.05, 0.1) is 12.1 Å². The Balaban J connectivity index is 1.61. The van der Waals surface area contributed by atoms with Crippen LogP contribution in [0.1, 0.15) is 16.8 Å². The van der Waals surface area contributed by atoms with Crippen LogP contribution in [0.2, 0.25) is 0 Å². The molecule has 0 spiro atoms. The molecule has 20 heavy (non-hydrogen) atoms. The molecule has 3 heterocycles. The van der Waals surface area contributed by atoms with E-state index in [0.717, 1.165) is 12.2 Å². The summed E-state index contributed by atoms with van der Waals surface area (Å²) in [6.07, 6.45) is 7.54. The van der Waals surface area contributed by atoms with E-state index in [9.17, 15) is 4.79 Å². The molecule has 5 heteroatoms. The number of rotatable bonds is 3. The van der Waals surface area contributed by atoms with Crippen molar-refractivity contribution in [2.45, 2.75) is 12.5 Å². The van der Waals surface area contributed by atoms with E-state index in [1.807, 2.05) is 17.0 Å². The molecule has 1 atom stereocenters. The second kappa shape index (κ2) is 5.69. The van der Waals surface area contributed by atoms with E-state index < -0.39 is 0 Å². The summed E-state index contributed by atoms with van der Waals surface area (Å²) in [4.78, 5) is 22.0. The predicted molar refractivity (Wildman–Crippen MR) is 73.4 cm³/mol. The van der Waals surface area contributed by atoms with Crippen LogP contribution in [0.25, 0.3) is 0 Å². The quantitative estimate of drug-likeness (QED) is 0.852. The molecule has 3 rings (SSSR count). The SMILES string of the molecule is O=C(c1cccnc1)N1CCC(Oc2ccncc2)C1. The zero-order valence-electron chi connectivity index (χ0n) is 11.0. The zero-order chi connectivity index (χ0) is 13.8. The average molecular weight is 269 g/mol. The summed E-state index contributed by atoms with van der Waals surface area (Å²) in [6.45, 7) is 1.32. The lowest BCUT2D eigenvalue weighted by atomic mass is 10.2. The van der Waals surface area contributed by atoms with Crippen molar-refractivity contribution in [3.05, 3.63) is 54.6 Å². The Bertz CT molecular complexity index is 574. The average Bonchev–Trinajstić information content (AvgIpc) is 2.97. The van der Waals surface area contributed by atoms with Crippen molar-refractivity contribution >= 4 is 5.91 Å². The van der Waals surface area contributed by atoms with Crippen molar-refractivity contribution in [2.75, 3.05) is 13.1 Å². The van der Waals surface area contributed by atoms with Crippen LogP contribution in [0.4, 0.5) is 0 Å². The third-order valence-corrected chi connectivity index (χ3v) is 3.29. The Kier molecular flexibility index (Phi) is 3.58. The number of likely N-dealkylation sites (tertiary alicyclic amines) is 1. The number of amides is 1. The number of hydrogen-bond donors (Lipinski definition) is 0. The lowest BCUT2D eigenvalue weighted by Crippen LogP contribution is -2.30. The van der Waals surface area contributed by atoms with Crippen molar-refractivity contribution in [1.82, 2.24) is 14.9 Å². The number of pyridine rings is 2. The maximum Gasteiger partial charge on any atom is 0.255 e. The first-order chi connectivity index (χ1) is 9.83. The van der Waals surface area contributed by atoms with Crippen LogP contribution in [0.3, 0.4) is 0 Å². The van der Waals surface area contributed by atoms with E-state index in [1.54, 1.807) is 36.9 Å². The number of carbonyl (C=O) groups excluding carboxylic acids is 1. The molecule has 2 aromatic heterocycles. The van der Waals surface area contributed by atoms with Gasteiger partial charge < -0.3 is 9.64 Å². The highest BCUT2D eigenvalue weighted by atomic mass is 16.5. The Morgan fingerprint density at radius 3 is 2.80 bits per heavy atom. The van der Waals surface area contributed by atoms with Crippen LogP contribution in [0.5, 0.6) is 5.75 Å². The Morgan fingerprint density at radius 2 is 2.05 bits per heavy atom. The summed E-state index contributed by atoms with van der Waals surface area (Å²) in [5.74, 6) is 0.805. The van der Waals surface area contributed by atoms with Gasteiger partial charge in [-0.3, -0.25) is 14.8 Å². The minimum Gasteiger partial charge on any atom is -0.488 e. The van der Waals surface area contributed by atoms with Gasteiger partial charge in [-0.05, 0) is 24.3 Å². The van der Waals surface area contributed by atoms with Crippen LogP contribution in [-0.2, 0) is 0 Å². The molecule has 0 aliphatic carbocycles. The largest absolute Gasteiger partial charge is 0.488 e. The standard InChI is InChI=1S/C15H15N3O2/c19-15(12-2-1-6-17-10-12)18-9-5-14(11-18)20-13-3-7-16-8-4-13/h1-4,6-8,10,14H,5,9,11H2. The molecule has 5 nitrogen and oxygen atoms in total. The monoisotopic (exact) mass is 269 g/mol. The summed E-state index contributed by atoms with van der Waals surface area (Å²) in [5, 5.41) is 0. The lowest BCUT2D eigenvalue weighted by Gasteiger charge is -2.17. The van der Waals surface area contributed by atoms with E-state index in [-0.39, 0.29) is 12.0 Å². The number of nitrogens with zero attached hydrogens (tertiary/aromatic N) is 3. The van der Waals surface area contributed by atoms with Gasteiger partial charge in [-0.25, -0.2) is 0 Å². The van der Waals surface area contributed by atoms with Crippen LogP contribution in [-0.4, -0.2) is 40.0 Å². The molecule has 0 radical (unpaired) electrons. The van der Waals surface area contributed by atoms with Crippen molar-refractivity contribution in [2.24, 2.45) is 0 Å². The fraction of sp³-hybridized carbons (Fsp3) is 0.267. The Hall–Kier alpha value is -2.43. The number of aromatic nitrogens is 2. The summed E-state index contributed by atoms with van der Waals surface area (Å²) < 4.78 is 5.84. The van der Waals surface area contributed by atoms with Crippen molar-refractivity contribution in [3.8, 4) is 5.75 Å².